The number of hydrogen-bond acceptors (Lipinski definition) is 3. The van der Waals surface area contributed by atoms with Gasteiger partial charge in [0.25, 0.3) is 10.0 Å². The topological polar surface area (TPSA) is 63.4 Å². The first-order chi connectivity index (χ1) is 9.48. The Morgan fingerprint density at radius 2 is 1.70 bits per heavy atom. The Hall–Kier alpha value is -1.92. The van der Waals surface area contributed by atoms with Crippen LogP contribution in [0.5, 0.6) is 0 Å². The van der Waals surface area contributed by atoms with Crippen molar-refractivity contribution < 1.29 is 12.8 Å². The normalized spacial score (nSPS) is 11.3. The molecule has 4 nitrogen and oxygen atoms in total. The second kappa shape index (κ2) is 5.60. The number of anilines is 1. The Morgan fingerprint density at radius 3 is 2.35 bits per heavy atom. The lowest BCUT2D eigenvalue weighted by Crippen LogP contribution is -2.28. The van der Waals surface area contributed by atoms with Gasteiger partial charge in [0.2, 0.25) is 0 Å². The summed E-state index contributed by atoms with van der Waals surface area (Å²) in [4.78, 5) is -0.352. The fourth-order valence-corrected chi connectivity index (χ4v) is 3.22. The van der Waals surface area contributed by atoms with Crippen molar-refractivity contribution in [2.45, 2.75) is 11.4 Å². The minimum absolute atomic E-state index is 0.202. The van der Waals surface area contributed by atoms with Gasteiger partial charge in [-0.1, -0.05) is 30.3 Å². The Kier molecular flexibility index (Phi) is 4.06. The summed E-state index contributed by atoms with van der Waals surface area (Å²) < 4.78 is 39.7. The number of benzene rings is 2. The van der Waals surface area contributed by atoms with Gasteiger partial charge >= 0.3 is 0 Å². The van der Waals surface area contributed by atoms with Crippen molar-refractivity contribution in [1.29, 1.82) is 0 Å². The van der Waals surface area contributed by atoms with Gasteiger partial charge in [0, 0.05) is 13.6 Å². The summed E-state index contributed by atoms with van der Waals surface area (Å²) in [5.74, 6) is -0.774. The van der Waals surface area contributed by atoms with E-state index in [1.165, 1.54) is 25.2 Å². The zero-order valence-corrected chi connectivity index (χ0v) is 11.8. The van der Waals surface area contributed by atoms with Gasteiger partial charge in [0.05, 0.1) is 5.69 Å². The largest absolute Gasteiger partial charge is 0.326 e. The molecule has 2 aromatic rings. The van der Waals surface area contributed by atoms with E-state index in [9.17, 15) is 12.8 Å². The molecule has 2 N–H and O–H groups in total. The molecular formula is C14H15FN2O2S. The molecule has 0 fully saturated rings. The lowest BCUT2D eigenvalue weighted by Gasteiger charge is -2.22. The molecule has 0 aromatic heterocycles. The number of nitrogens with two attached hydrogens (primary N) is 1. The summed E-state index contributed by atoms with van der Waals surface area (Å²) in [5.41, 5.74) is 6.72. The van der Waals surface area contributed by atoms with Gasteiger partial charge in [-0.25, -0.2) is 12.8 Å². The molecule has 20 heavy (non-hydrogen) atoms. The SMILES string of the molecule is CN(c1ccccc1CN)S(=O)(=O)c1ccccc1F. The number of para-hydroxylation sites is 1. The quantitative estimate of drug-likeness (QED) is 0.939. The third-order valence-corrected chi connectivity index (χ3v) is 4.83. The molecule has 0 bridgehead atoms. The highest BCUT2D eigenvalue weighted by Gasteiger charge is 2.25. The Balaban J connectivity index is 2.52. The average molecular weight is 294 g/mol. The molecule has 0 aliphatic rings. The van der Waals surface area contributed by atoms with Crippen LogP contribution in [0.2, 0.25) is 0 Å². The fourth-order valence-electron chi connectivity index (χ4n) is 1.92. The maximum absolute atomic E-state index is 13.7. The molecule has 0 radical (unpaired) electrons. The van der Waals surface area contributed by atoms with Crippen LogP contribution in [0, 0.1) is 5.82 Å². The van der Waals surface area contributed by atoms with Crippen molar-refractivity contribution in [3.05, 3.63) is 59.9 Å². The lowest BCUT2D eigenvalue weighted by atomic mass is 10.2. The maximum Gasteiger partial charge on any atom is 0.266 e. The number of rotatable bonds is 4. The fraction of sp³-hybridized carbons (Fsp3) is 0.143. The van der Waals surface area contributed by atoms with Gasteiger partial charge in [-0.15, -0.1) is 0 Å². The highest BCUT2D eigenvalue weighted by molar-refractivity contribution is 7.92. The first-order valence-electron chi connectivity index (χ1n) is 6.00. The van der Waals surface area contributed by atoms with Crippen molar-refractivity contribution in [3.8, 4) is 0 Å². The molecule has 0 saturated heterocycles. The van der Waals surface area contributed by atoms with Gasteiger partial charge in [-0.2, -0.15) is 0 Å². The standard InChI is InChI=1S/C14H15FN2O2S/c1-17(13-8-4-2-6-11(13)10-16)20(18,19)14-9-5-3-7-12(14)15/h2-9H,10,16H2,1H3. The minimum Gasteiger partial charge on any atom is -0.326 e. The molecule has 0 aliphatic heterocycles. The third kappa shape index (κ3) is 2.52. The molecule has 2 aromatic carbocycles. The molecule has 0 unspecified atom stereocenters. The van der Waals surface area contributed by atoms with Gasteiger partial charge < -0.3 is 5.73 Å². The number of sulfonamides is 1. The monoisotopic (exact) mass is 294 g/mol. The predicted octanol–water partition coefficient (Wildman–Crippen LogP) is 2.11. The van der Waals surface area contributed by atoms with E-state index in [1.54, 1.807) is 24.3 Å². The van der Waals surface area contributed by atoms with E-state index in [0.717, 1.165) is 10.4 Å². The first kappa shape index (κ1) is 14.5. The van der Waals surface area contributed by atoms with Crippen LogP contribution in [0.1, 0.15) is 5.56 Å². The van der Waals surface area contributed by atoms with Crippen LogP contribution in [0.15, 0.2) is 53.4 Å². The molecular weight excluding hydrogens is 279 g/mol. The van der Waals surface area contributed by atoms with Gasteiger partial charge in [-0.05, 0) is 23.8 Å². The van der Waals surface area contributed by atoms with Crippen molar-refractivity contribution >= 4 is 15.7 Å². The Morgan fingerprint density at radius 1 is 1.10 bits per heavy atom. The first-order valence-corrected chi connectivity index (χ1v) is 7.44. The number of halogens is 1. The van der Waals surface area contributed by atoms with Crippen LogP contribution >= 0.6 is 0 Å². The Bertz CT molecular complexity index is 717. The molecule has 0 atom stereocenters. The molecule has 0 aliphatic carbocycles. The van der Waals surface area contributed by atoms with Crippen molar-refractivity contribution in [2.24, 2.45) is 5.73 Å². The van der Waals surface area contributed by atoms with Crippen molar-refractivity contribution in [1.82, 2.24) is 0 Å². The predicted molar refractivity (Wildman–Crippen MR) is 76.3 cm³/mol. The Labute approximate surface area is 117 Å². The van der Waals surface area contributed by atoms with E-state index < -0.39 is 15.8 Å². The van der Waals surface area contributed by atoms with Crippen LogP contribution in [0.3, 0.4) is 0 Å². The van der Waals surface area contributed by atoms with E-state index in [1.807, 2.05) is 0 Å². The highest BCUT2D eigenvalue weighted by Crippen LogP contribution is 2.26. The summed E-state index contributed by atoms with van der Waals surface area (Å²) in [6.45, 7) is 0.202. The van der Waals surface area contributed by atoms with Crippen LogP contribution in [-0.4, -0.2) is 15.5 Å². The van der Waals surface area contributed by atoms with E-state index in [-0.39, 0.29) is 11.4 Å². The van der Waals surface area contributed by atoms with Crippen LogP contribution in [-0.2, 0) is 16.6 Å². The van der Waals surface area contributed by atoms with Gasteiger partial charge in [0.1, 0.15) is 10.7 Å². The van der Waals surface area contributed by atoms with E-state index in [0.29, 0.717) is 11.3 Å². The van der Waals surface area contributed by atoms with Crippen molar-refractivity contribution in [3.63, 3.8) is 0 Å². The zero-order chi connectivity index (χ0) is 14.8. The summed E-state index contributed by atoms with van der Waals surface area (Å²) in [6.07, 6.45) is 0. The average Bonchev–Trinajstić information content (AvgIpc) is 2.46. The summed E-state index contributed by atoms with van der Waals surface area (Å²) in [5, 5.41) is 0. The summed E-state index contributed by atoms with van der Waals surface area (Å²) in [7, 11) is -2.57. The lowest BCUT2D eigenvalue weighted by molar-refractivity contribution is 0.565. The highest BCUT2D eigenvalue weighted by atomic mass is 32.2. The second-order valence-corrected chi connectivity index (χ2v) is 6.17. The molecule has 6 heteroatoms. The number of hydrogen-bond donors (Lipinski definition) is 1. The van der Waals surface area contributed by atoms with Crippen LogP contribution in [0.4, 0.5) is 10.1 Å². The molecule has 0 saturated carbocycles. The van der Waals surface area contributed by atoms with E-state index >= 15 is 0 Å². The maximum atomic E-state index is 13.7. The smallest absolute Gasteiger partial charge is 0.266 e. The molecule has 0 heterocycles. The second-order valence-electron chi connectivity index (χ2n) is 4.24. The molecule has 2 rings (SSSR count). The molecule has 0 spiro atoms. The van der Waals surface area contributed by atoms with Crippen LogP contribution < -0.4 is 10.0 Å². The minimum atomic E-state index is -3.95. The number of nitrogens with zero attached hydrogens (tertiary/aromatic N) is 1. The molecule has 0 amide bonds. The van der Waals surface area contributed by atoms with Crippen LogP contribution in [0.25, 0.3) is 0 Å². The summed E-state index contributed by atoms with van der Waals surface area (Å²) >= 11 is 0. The zero-order valence-electron chi connectivity index (χ0n) is 11.0. The van der Waals surface area contributed by atoms with Gasteiger partial charge in [0.15, 0.2) is 0 Å². The third-order valence-electron chi connectivity index (χ3n) is 3.03. The molecule has 106 valence electrons. The van der Waals surface area contributed by atoms with Gasteiger partial charge in [-0.3, -0.25) is 4.31 Å². The summed E-state index contributed by atoms with van der Waals surface area (Å²) in [6, 6.07) is 12.2. The van der Waals surface area contributed by atoms with Crippen molar-refractivity contribution in [2.75, 3.05) is 11.4 Å². The van der Waals surface area contributed by atoms with E-state index in [4.69, 9.17) is 5.73 Å². The van der Waals surface area contributed by atoms with E-state index in [2.05, 4.69) is 0 Å².